The Bertz CT molecular complexity index is 567. The van der Waals surface area contributed by atoms with Crippen LogP contribution in [0.5, 0.6) is 0 Å². The molecule has 20 heavy (non-hydrogen) atoms. The summed E-state index contributed by atoms with van der Waals surface area (Å²) in [6.45, 7) is 5.51. The zero-order chi connectivity index (χ0) is 13.7. The predicted octanol–water partition coefficient (Wildman–Crippen LogP) is 3.37. The van der Waals surface area contributed by atoms with E-state index in [0.717, 1.165) is 29.9 Å². The molecular weight excluding hydrogens is 276 g/mol. The number of nitrogens with one attached hydrogen (secondary N) is 2. The molecular formula is C15H19ClN2O2. The van der Waals surface area contributed by atoms with Crippen LogP contribution in [0, 0.1) is 6.92 Å². The Morgan fingerprint density at radius 3 is 2.65 bits per heavy atom. The fourth-order valence-electron chi connectivity index (χ4n) is 1.84. The van der Waals surface area contributed by atoms with Crippen molar-refractivity contribution in [2.45, 2.75) is 20.4 Å². The number of benzene rings is 1. The lowest BCUT2D eigenvalue weighted by Gasteiger charge is -2.10. The van der Waals surface area contributed by atoms with Crippen molar-refractivity contribution >= 4 is 24.0 Å². The van der Waals surface area contributed by atoms with Crippen LogP contribution in [0.3, 0.4) is 0 Å². The fourth-order valence-corrected chi connectivity index (χ4v) is 1.84. The van der Waals surface area contributed by atoms with Crippen LogP contribution in [-0.2, 0) is 6.54 Å². The number of carbonyl (C=O) groups is 1. The molecule has 1 amide bonds. The normalized spacial score (nSPS) is 9.90. The SMILES string of the molecule is CCNCc1ccccc1NC(=O)c1occc1C.Cl. The molecule has 0 aliphatic heterocycles. The van der Waals surface area contributed by atoms with E-state index in [1.807, 2.05) is 38.1 Å². The first-order chi connectivity index (χ1) is 9.22. The lowest BCUT2D eigenvalue weighted by molar-refractivity contribution is 0.0995. The van der Waals surface area contributed by atoms with Crippen LogP contribution in [0.4, 0.5) is 5.69 Å². The second-order valence-electron chi connectivity index (χ2n) is 4.32. The summed E-state index contributed by atoms with van der Waals surface area (Å²) < 4.78 is 5.19. The number of hydrogen-bond donors (Lipinski definition) is 2. The highest BCUT2D eigenvalue weighted by molar-refractivity contribution is 6.03. The second kappa shape index (κ2) is 7.72. The average Bonchev–Trinajstić information content (AvgIpc) is 2.84. The van der Waals surface area contributed by atoms with Crippen molar-refractivity contribution in [1.29, 1.82) is 0 Å². The molecule has 0 atom stereocenters. The number of carbonyl (C=O) groups excluding carboxylic acids is 1. The lowest BCUT2D eigenvalue weighted by Crippen LogP contribution is -2.17. The van der Waals surface area contributed by atoms with Crippen LogP contribution < -0.4 is 10.6 Å². The van der Waals surface area contributed by atoms with Crippen molar-refractivity contribution in [2.75, 3.05) is 11.9 Å². The van der Waals surface area contributed by atoms with E-state index in [0.29, 0.717) is 5.76 Å². The third-order valence-corrected chi connectivity index (χ3v) is 2.90. The molecule has 2 N–H and O–H groups in total. The van der Waals surface area contributed by atoms with Gasteiger partial charge in [-0.25, -0.2) is 0 Å². The van der Waals surface area contributed by atoms with Gasteiger partial charge in [-0.1, -0.05) is 25.1 Å². The maximum absolute atomic E-state index is 12.1. The summed E-state index contributed by atoms with van der Waals surface area (Å²) in [5.74, 6) is 0.143. The monoisotopic (exact) mass is 294 g/mol. The Morgan fingerprint density at radius 1 is 1.25 bits per heavy atom. The quantitative estimate of drug-likeness (QED) is 0.889. The van der Waals surface area contributed by atoms with Gasteiger partial charge in [0.25, 0.3) is 5.91 Å². The number of anilines is 1. The number of rotatable bonds is 5. The zero-order valence-corrected chi connectivity index (χ0v) is 12.4. The summed E-state index contributed by atoms with van der Waals surface area (Å²) in [6.07, 6.45) is 1.52. The topological polar surface area (TPSA) is 54.3 Å². The maximum Gasteiger partial charge on any atom is 0.291 e. The third kappa shape index (κ3) is 3.85. The molecule has 0 aliphatic rings. The molecule has 1 aromatic heterocycles. The molecule has 0 saturated carbocycles. The minimum absolute atomic E-state index is 0. The molecule has 4 nitrogen and oxygen atoms in total. The van der Waals surface area contributed by atoms with Gasteiger partial charge in [0.1, 0.15) is 0 Å². The van der Waals surface area contributed by atoms with Gasteiger partial charge in [-0.2, -0.15) is 0 Å². The first-order valence-corrected chi connectivity index (χ1v) is 6.36. The van der Waals surface area contributed by atoms with Gasteiger partial charge in [-0.3, -0.25) is 4.79 Å². The van der Waals surface area contributed by atoms with Crippen LogP contribution in [0.15, 0.2) is 41.0 Å². The average molecular weight is 295 g/mol. The Morgan fingerprint density at radius 2 is 2.00 bits per heavy atom. The molecule has 5 heteroatoms. The number of furan rings is 1. The largest absolute Gasteiger partial charge is 0.459 e. The highest BCUT2D eigenvalue weighted by Gasteiger charge is 2.13. The summed E-state index contributed by atoms with van der Waals surface area (Å²) in [5, 5.41) is 6.14. The van der Waals surface area contributed by atoms with Crippen LogP contribution in [-0.4, -0.2) is 12.5 Å². The van der Waals surface area contributed by atoms with E-state index in [1.54, 1.807) is 6.07 Å². The Kier molecular flexibility index (Phi) is 6.28. The number of hydrogen-bond acceptors (Lipinski definition) is 3. The second-order valence-corrected chi connectivity index (χ2v) is 4.32. The van der Waals surface area contributed by atoms with Crippen molar-refractivity contribution in [3.05, 3.63) is 53.5 Å². The van der Waals surface area contributed by atoms with Crippen molar-refractivity contribution in [2.24, 2.45) is 0 Å². The molecule has 1 aromatic carbocycles. The summed E-state index contributed by atoms with van der Waals surface area (Å²) in [7, 11) is 0. The summed E-state index contributed by atoms with van der Waals surface area (Å²) in [4.78, 5) is 12.1. The van der Waals surface area contributed by atoms with Gasteiger partial charge in [0.2, 0.25) is 0 Å². The lowest BCUT2D eigenvalue weighted by atomic mass is 10.1. The summed E-state index contributed by atoms with van der Waals surface area (Å²) in [6, 6.07) is 9.52. The molecule has 0 fully saturated rings. The van der Waals surface area contributed by atoms with Gasteiger partial charge >= 0.3 is 0 Å². The van der Waals surface area contributed by atoms with E-state index < -0.39 is 0 Å². The fraction of sp³-hybridized carbons (Fsp3) is 0.267. The van der Waals surface area contributed by atoms with Gasteiger partial charge in [-0.05, 0) is 31.2 Å². The molecule has 2 rings (SSSR count). The Labute approximate surface area is 125 Å². The highest BCUT2D eigenvalue weighted by atomic mass is 35.5. The highest BCUT2D eigenvalue weighted by Crippen LogP contribution is 2.17. The molecule has 0 aliphatic carbocycles. The van der Waals surface area contributed by atoms with Crippen molar-refractivity contribution in [3.63, 3.8) is 0 Å². The molecule has 0 unspecified atom stereocenters. The minimum atomic E-state index is -0.216. The molecule has 108 valence electrons. The van der Waals surface area contributed by atoms with Gasteiger partial charge in [-0.15, -0.1) is 12.4 Å². The molecule has 0 spiro atoms. The molecule has 0 bridgehead atoms. The summed E-state index contributed by atoms with van der Waals surface area (Å²) in [5.41, 5.74) is 2.70. The zero-order valence-electron chi connectivity index (χ0n) is 11.6. The number of halogens is 1. The van der Waals surface area contributed by atoms with E-state index in [1.165, 1.54) is 6.26 Å². The molecule has 0 saturated heterocycles. The third-order valence-electron chi connectivity index (χ3n) is 2.90. The van der Waals surface area contributed by atoms with Gasteiger partial charge in [0.05, 0.1) is 6.26 Å². The van der Waals surface area contributed by atoms with Gasteiger partial charge in [0, 0.05) is 17.8 Å². The van der Waals surface area contributed by atoms with Crippen molar-refractivity contribution in [3.8, 4) is 0 Å². The van der Waals surface area contributed by atoms with Crippen molar-refractivity contribution in [1.82, 2.24) is 5.32 Å². The van der Waals surface area contributed by atoms with Gasteiger partial charge in [0.15, 0.2) is 5.76 Å². The smallest absolute Gasteiger partial charge is 0.291 e. The first kappa shape index (κ1) is 16.3. The number of amides is 1. The molecule has 0 radical (unpaired) electrons. The Hall–Kier alpha value is -1.78. The summed E-state index contributed by atoms with van der Waals surface area (Å²) >= 11 is 0. The van der Waals surface area contributed by atoms with Crippen LogP contribution in [0.25, 0.3) is 0 Å². The Balaban J connectivity index is 0.00000200. The van der Waals surface area contributed by atoms with E-state index >= 15 is 0 Å². The van der Waals surface area contributed by atoms with E-state index in [2.05, 4.69) is 10.6 Å². The van der Waals surface area contributed by atoms with Crippen LogP contribution in [0.1, 0.15) is 28.6 Å². The maximum atomic E-state index is 12.1. The van der Waals surface area contributed by atoms with E-state index in [4.69, 9.17) is 4.42 Å². The number of aryl methyl sites for hydroxylation is 1. The predicted molar refractivity (Wildman–Crippen MR) is 82.5 cm³/mol. The molecule has 1 heterocycles. The van der Waals surface area contributed by atoms with E-state index in [9.17, 15) is 4.79 Å². The first-order valence-electron chi connectivity index (χ1n) is 6.36. The van der Waals surface area contributed by atoms with Gasteiger partial charge < -0.3 is 15.1 Å². The minimum Gasteiger partial charge on any atom is -0.459 e. The van der Waals surface area contributed by atoms with E-state index in [-0.39, 0.29) is 18.3 Å². The van der Waals surface area contributed by atoms with Crippen LogP contribution >= 0.6 is 12.4 Å². The molecule has 2 aromatic rings. The number of para-hydroxylation sites is 1. The standard InChI is InChI=1S/C15H18N2O2.ClH/c1-3-16-10-12-6-4-5-7-13(12)17-15(18)14-11(2)8-9-19-14;/h4-9,16H,3,10H2,1-2H3,(H,17,18);1H. The van der Waals surface area contributed by atoms with Crippen LogP contribution in [0.2, 0.25) is 0 Å². The van der Waals surface area contributed by atoms with Crippen molar-refractivity contribution < 1.29 is 9.21 Å².